The fourth-order valence-corrected chi connectivity index (χ4v) is 4.10. The van der Waals surface area contributed by atoms with Gasteiger partial charge in [-0.05, 0) is 38.5 Å². The molecule has 4 aromatic rings. The summed E-state index contributed by atoms with van der Waals surface area (Å²) >= 11 is 6.44. The second-order valence-corrected chi connectivity index (χ2v) is 8.15. The number of carbonyl (C=O) groups is 1. The van der Waals surface area contributed by atoms with Crippen molar-refractivity contribution in [3.05, 3.63) is 82.1 Å². The highest BCUT2D eigenvalue weighted by Gasteiger charge is 2.20. The number of aryl methyl sites for hydroxylation is 2. The summed E-state index contributed by atoms with van der Waals surface area (Å²) in [6.45, 7) is 7.39. The van der Waals surface area contributed by atoms with Crippen LogP contribution >= 0.6 is 11.6 Å². The third-order valence-electron chi connectivity index (χ3n) is 5.68. The third kappa shape index (κ3) is 3.93. The maximum Gasteiger partial charge on any atom is 0.254 e. The fourth-order valence-electron chi connectivity index (χ4n) is 3.87. The minimum Gasteiger partial charge on any atom is -0.337 e. The van der Waals surface area contributed by atoms with Gasteiger partial charge in [0.15, 0.2) is 0 Å². The average molecular weight is 433 g/mol. The molecule has 0 atom stereocenters. The van der Waals surface area contributed by atoms with Gasteiger partial charge in [0.05, 0.1) is 23.0 Å². The maximum atomic E-state index is 13.6. The van der Waals surface area contributed by atoms with Crippen LogP contribution in [0.4, 0.5) is 0 Å². The van der Waals surface area contributed by atoms with Gasteiger partial charge in [-0.15, -0.1) is 0 Å². The van der Waals surface area contributed by atoms with E-state index < -0.39 is 0 Å². The van der Waals surface area contributed by atoms with Crippen LogP contribution in [0, 0.1) is 13.8 Å². The minimum atomic E-state index is -0.0602. The van der Waals surface area contributed by atoms with Crippen molar-refractivity contribution in [2.75, 3.05) is 7.05 Å². The molecule has 31 heavy (non-hydrogen) atoms. The average Bonchev–Trinajstić information content (AvgIpc) is 3.12. The molecule has 6 heteroatoms. The number of amides is 1. The second kappa shape index (κ2) is 8.52. The number of benzene rings is 2. The number of aromatic nitrogens is 3. The molecule has 1 amide bonds. The molecule has 0 aliphatic rings. The maximum absolute atomic E-state index is 13.6. The molecule has 2 aromatic heterocycles. The molecular weight excluding hydrogens is 408 g/mol. The van der Waals surface area contributed by atoms with E-state index in [2.05, 4.69) is 12.0 Å². The molecule has 5 nitrogen and oxygen atoms in total. The Labute approximate surface area is 187 Å². The van der Waals surface area contributed by atoms with Gasteiger partial charge in [-0.1, -0.05) is 48.0 Å². The van der Waals surface area contributed by atoms with E-state index in [4.69, 9.17) is 16.6 Å². The lowest BCUT2D eigenvalue weighted by atomic mass is 10.0. The van der Waals surface area contributed by atoms with Crippen molar-refractivity contribution in [2.45, 2.75) is 33.9 Å². The number of nitrogens with zero attached hydrogens (tertiary/aromatic N) is 4. The molecule has 0 fully saturated rings. The Kier molecular flexibility index (Phi) is 5.79. The van der Waals surface area contributed by atoms with Crippen molar-refractivity contribution in [3.8, 4) is 11.3 Å². The summed E-state index contributed by atoms with van der Waals surface area (Å²) in [4.78, 5) is 20.2. The fraction of sp³-hybridized carbons (Fsp3) is 0.240. The van der Waals surface area contributed by atoms with E-state index in [9.17, 15) is 4.79 Å². The smallest absolute Gasteiger partial charge is 0.254 e. The predicted octanol–water partition coefficient (Wildman–Crippen LogP) is 5.66. The predicted molar refractivity (Wildman–Crippen MR) is 125 cm³/mol. The van der Waals surface area contributed by atoms with Crippen molar-refractivity contribution in [2.24, 2.45) is 0 Å². The SMILES string of the molecule is CCn1ncc(CN(C)C(=O)c2cc(-c3ccccc3Cl)nc3c(C)cccc23)c1C. The van der Waals surface area contributed by atoms with Gasteiger partial charge in [-0.25, -0.2) is 4.98 Å². The van der Waals surface area contributed by atoms with Gasteiger partial charge >= 0.3 is 0 Å². The molecule has 0 N–H and O–H groups in total. The zero-order chi connectivity index (χ0) is 22.1. The molecule has 0 spiro atoms. The Balaban J connectivity index is 1.80. The molecule has 158 valence electrons. The van der Waals surface area contributed by atoms with Crippen LogP contribution in [0.5, 0.6) is 0 Å². The molecule has 0 radical (unpaired) electrons. The van der Waals surface area contributed by atoms with Crippen LogP contribution in [-0.2, 0) is 13.1 Å². The normalized spacial score (nSPS) is 11.1. The highest BCUT2D eigenvalue weighted by molar-refractivity contribution is 6.33. The van der Waals surface area contributed by atoms with Crippen molar-refractivity contribution >= 4 is 28.4 Å². The van der Waals surface area contributed by atoms with E-state index in [0.29, 0.717) is 22.8 Å². The van der Waals surface area contributed by atoms with Crippen LogP contribution in [0.25, 0.3) is 22.2 Å². The van der Waals surface area contributed by atoms with Crippen LogP contribution in [-0.4, -0.2) is 32.6 Å². The van der Waals surface area contributed by atoms with E-state index in [0.717, 1.165) is 39.8 Å². The summed E-state index contributed by atoms with van der Waals surface area (Å²) in [6, 6.07) is 15.3. The molecule has 0 saturated carbocycles. The molecular formula is C25H25ClN4O. The lowest BCUT2D eigenvalue weighted by Crippen LogP contribution is -2.27. The first-order chi connectivity index (χ1) is 14.9. The molecule has 0 aliphatic carbocycles. The molecule has 0 unspecified atom stereocenters. The van der Waals surface area contributed by atoms with Gasteiger partial charge in [-0.3, -0.25) is 9.48 Å². The number of fused-ring (bicyclic) bond motifs is 1. The van der Waals surface area contributed by atoms with Gasteiger partial charge in [0.25, 0.3) is 5.91 Å². The number of hydrogen-bond acceptors (Lipinski definition) is 3. The Hall–Kier alpha value is -3.18. The van der Waals surface area contributed by atoms with Crippen LogP contribution < -0.4 is 0 Å². The first kappa shape index (κ1) is 21.1. The summed E-state index contributed by atoms with van der Waals surface area (Å²) in [5.74, 6) is -0.0602. The molecule has 2 aromatic carbocycles. The zero-order valence-electron chi connectivity index (χ0n) is 18.2. The number of halogens is 1. The first-order valence-corrected chi connectivity index (χ1v) is 10.7. The van der Waals surface area contributed by atoms with Gasteiger partial charge in [0.1, 0.15) is 0 Å². The van der Waals surface area contributed by atoms with Crippen molar-refractivity contribution in [3.63, 3.8) is 0 Å². The molecule has 0 aliphatic heterocycles. The van der Waals surface area contributed by atoms with E-state index in [1.807, 2.05) is 80.3 Å². The summed E-state index contributed by atoms with van der Waals surface area (Å²) in [5, 5.41) is 5.85. The quantitative estimate of drug-likeness (QED) is 0.408. The lowest BCUT2D eigenvalue weighted by molar-refractivity contribution is 0.0787. The van der Waals surface area contributed by atoms with Gasteiger partial charge < -0.3 is 4.90 Å². The lowest BCUT2D eigenvalue weighted by Gasteiger charge is -2.19. The number of carbonyl (C=O) groups excluding carboxylic acids is 1. The van der Waals surface area contributed by atoms with Crippen LogP contribution in [0.2, 0.25) is 5.02 Å². The van der Waals surface area contributed by atoms with Crippen molar-refractivity contribution < 1.29 is 4.79 Å². The van der Waals surface area contributed by atoms with E-state index in [1.165, 1.54) is 0 Å². The van der Waals surface area contributed by atoms with Crippen molar-refractivity contribution in [1.29, 1.82) is 0 Å². The monoisotopic (exact) mass is 432 g/mol. The summed E-state index contributed by atoms with van der Waals surface area (Å²) < 4.78 is 1.94. The van der Waals surface area contributed by atoms with Gasteiger partial charge in [0.2, 0.25) is 0 Å². The summed E-state index contributed by atoms with van der Waals surface area (Å²) in [5.41, 5.74) is 6.07. The zero-order valence-corrected chi connectivity index (χ0v) is 18.9. The van der Waals surface area contributed by atoms with Crippen LogP contribution in [0.15, 0.2) is 54.7 Å². The van der Waals surface area contributed by atoms with Crippen molar-refractivity contribution in [1.82, 2.24) is 19.7 Å². The van der Waals surface area contributed by atoms with E-state index in [1.54, 1.807) is 4.90 Å². The number of pyridine rings is 1. The Morgan fingerprint density at radius 3 is 2.61 bits per heavy atom. The summed E-state index contributed by atoms with van der Waals surface area (Å²) in [7, 11) is 1.82. The molecule has 4 rings (SSSR count). The number of hydrogen-bond donors (Lipinski definition) is 0. The largest absolute Gasteiger partial charge is 0.337 e. The van der Waals surface area contributed by atoms with Gasteiger partial charge in [0, 0.05) is 47.4 Å². The number of rotatable bonds is 5. The highest BCUT2D eigenvalue weighted by atomic mass is 35.5. The standard InChI is InChI=1S/C25H25ClN4O/c1-5-30-17(3)18(14-27-30)15-29(4)25(31)21-13-23(20-10-6-7-12-22(20)26)28-24-16(2)9-8-11-19(21)24/h6-14H,5,15H2,1-4H3. The third-order valence-corrected chi connectivity index (χ3v) is 6.01. The molecule has 0 bridgehead atoms. The topological polar surface area (TPSA) is 51.0 Å². The Morgan fingerprint density at radius 2 is 1.90 bits per heavy atom. The summed E-state index contributed by atoms with van der Waals surface area (Å²) in [6.07, 6.45) is 1.84. The van der Waals surface area contributed by atoms with Gasteiger partial charge in [-0.2, -0.15) is 5.10 Å². The highest BCUT2D eigenvalue weighted by Crippen LogP contribution is 2.31. The van der Waals surface area contributed by atoms with E-state index >= 15 is 0 Å². The first-order valence-electron chi connectivity index (χ1n) is 10.3. The second-order valence-electron chi connectivity index (χ2n) is 7.74. The number of para-hydroxylation sites is 1. The Morgan fingerprint density at radius 1 is 1.13 bits per heavy atom. The van der Waals surface area contributed by atoms with Crippen LogP contribution in [0.1, 0.15) is 34.1 Å². The van der Waals surface area contributed by atoms with E-state index in [-0.39, 0.29) is 5.91 Å². The van der Waals surface area contributed by atoms with Crippen LogP contribution in [0.3, 0.4) is 0 Å². The molecule has 0 saturated heterocycles. The Bertz CT molecular complexity index is 1280. The molecule has 2 heterocycles. The minimum absolute atomic E-state index is 0.0602.